The number of aliphatic hydroxyl groups excluding tert-OH is 1. The number of allylic oxidation sites excluding steroid dienone is 6. The number of aliphatic hydroxyl groups is 2. The molecule has 0 aromatic rings. The summed E-state index contributed by atoms with van der Waals surface area (Å²) in [6.07, 6.45) is 6.54. The van der Waals surface area contributed by atoms with Gasteiger partial charge in [0.05, 0.1) is 0 Å². The lowest BCUT2D eigenvalue weighted by molar-refractivity contribution is -0.150. The van der Waals surface area contributed by atoms with Crippen LogP contribution in [0, 0.1) is 22.7 Å². The molecule has 0 spiro atoms. The molecule has 0 unspecified atom stereocenters. The number of hydrogen-bond acceptors (Lipinski definition) is 4. The average Bonchev–Trinajstić information content (AvgIpc) is 2.84. The molecule has 144 valence electrons. The second kappa shape index (κ2) is 5.58. The molecular formula is C22H25FO4. The SMILES string of the molecule is C=C1C[C@H]2[C@@H]3C[C@H](F)C4=CC(=O)C=C[C@]4(C)C3=CC[C@]2(C)[C@@]1(O)C(=O)CO. The lowest BCUT2D eigenvalue weighted by atomic mass is 9.51. The molecule has 5 heteroatoms. The predicted octanol–water partition coefficient (Wildman–Crippen LogP) is 2.62. The van der Waals surface area contributed by atoms with Crippen molar-refractivity contribution in [1.82, 2.24) is 0 Å². The summed E-state index contributed by atoms with van der Waals surface area (Å²) in [5, 5.41) is 20.7. The van der Waals surface area contributed by atoms with Gasteiger partial charge >= 0.3 is 0 Å². The number of rotatable bonds is 2. The Morgan fingerprint density at radius 2 is 2.07 bits per heavy atom. The number of carbonyl (C=O) groups is 2. The van der Waals surface area contributed by atoms with Gasteiger partial charge in [0, 0.05) is 10.8 Å². The van der Waals surface area contributed by atoms with E-state index >= 15 is 4.39 Å². The Balaban J connectivity index is 1.84. The van der Waals surface area contributed by atoms with E-state index in [0.29, 0.717) is 24.0 Å². The van der Waals surface area contributed by atoms with Crippen LogP contribution in [0.1, 0.15) is 33.1 Å². The predicted molar refractivity (Wildman–Crippen MR) is 98.4 cm³/mol. The van der Waals surface area contributed by atoms with Gasteiger partial charge in [0.25, 0.3) is 0 Å². The Bertz CT molecular complexity index is 852. The molecule has 4 rings (SSSR count). The molecule has 0 amide bonds. The first-order valence-corrected chi connectivity index (χ1v) is 9.44. The van der Waals surface area contributed by atoms with E-state index in [2.05, 4.69) is 6.58 Å². The maximum absolute atomic E-state index is 15.1. The molecule has 0 aromatic heterocycles. The third-order valence-corrected chi connectivity index (χ3v) is 7.68. The summed E-state index contributed by atoms with van der Waals surface area (Å²) in [6.45, 7) is 6.97. The van der Waals surface area contributed by atoms with Crippen molar-refractivity contribution in [3.63, 3.8) is 0 Å². The van der Waals surface area contributed by atoms with Crippen LogP contribution in [0.2, 0.25) is 0 Å². The highest BCUT2D eigenvalue weighted by Gasteiger charge is 2.66. The Morgan fingerprint density at radius 1 is 1.37 bits per heavy atom. The minimum atomic E-state index is -1.80. The van der Waals surface area contributed by atoms with Crippen LogP contribution in [0.15, 0.2) is 47.6 Å². The van der Waals surface area contributed by atoms with E-state index in [1.165, 1.54) is 12.2 Å². The monoisotopic (exact) mass is 372 g/mol. The topological polar surface area (TPSA) is 74.6 Å². The number of ketones is 2. The largest absolute Gasteiger partial charge is 0.388 e. The highest BCUT2D eigenvalue weighted by Crippen LogP contribution is 2.66. The fourth-order valence-electron chi connectivity index (χ4n) is 6.13. The van der Waals surface area contributed by atoms with E-state index in [1.54, 1.807) is 6.08 Å². The number of hydrogen-bond donors (Lipinski definition) is 2. The summed E-state index contributed by atoms with van der Waals surface area (Å²) in [4.78, 5) is 24.2. The molecule has 0 heterocycles. The maximum atomic E-state index is 15.1. The smallest absolute Gasteiger partial charge is 0.194 e. The van der Waals surface area contributed by atoms with Crippen molar-refractivity contribution >= 4 is 11.6 Å². The first-order valence-electron chi connectivity index (χ1n) is 9.44. The Morgan fingerprint density at radius 3 is 2.74 bits per heavy atom. The van der Waals surface area contributed by atoms with Gasteiger partial charge in [-0.25, -0.2) is 4.39 Å². The zero-order valence-electron chi connectivity index (χ0n) is 15.7. The molecule has 4 nitrogen and oxygen atoms in total. The third-order valence-electron chi connectivity index (χ3n) is 7.68. The molecular weight excluding hydrogens is 347 g/mol. The minimum Gasteiger partial charge on any atom is -0.388 e. The van der Waals surface area contributed by atoms with E-state index in [0.717, 1.165) is 5.57 Å². The zero-order valence-corrected chi connectivity index (χ0v) is 15.7. The van der Waals surface area contributed by atoms with Crippen LogP contribution >= 0.6 is 0 Å². The molecule has 0 aromatic carbocycles. The van der Waals surface area contributed by atoms with E-state index < -0.39 is 35.0 Å². The molecule has 0 aliphatic heterocycles. The van der Waals surface area contributed by atoms with Crippen LogP contribution in [0.3, 0.4) is 0 Å². The number of carbonyl (C=O) groups excluding carboxylic acids is 2. The quantitative estimate of drug-likeness (QED) is 0.731. The van der Waals surface area contributed by atoms with Crippen molar-refractivity contribution in [2.45, 2.75) is 44.9 Å². The fourth-order valence-corrected chi connectivity index (χ4v) is 6.13. The molecule has 2 saturated carbocycles. The molecule has 0 bridgehead atoms. The minimum absolute atomic E-state index is 0.145. The van der Waals surface area contributed by atoms with Gasteiger partial charge in [-0.3, -0.25) is 9.59 Å². The van der Waals surface area contributed by atoms with Crippen LogP contribution in [0.4, 0.5) is 4.39 Å². The van der Waals surface area contributed by atoms with Gasteiger partial charge in [-0.15, -0.1) is 0 Å². The van der Waals surface area contributed by atoms with Crippen molar-refractivity contribution in [3.05, 3.63) is 47.6 Å². The van der Waals surface area contributed by atoms with Crippen LogP contribution in [0.25, 0.3) is 0 Å². The van der Waals surface area contributed by atoms with Crippen molar-refractivity contribution < 1.29 is 24.2 Å². The lowest BCUT2D eigenvalue weighted by Gasteiger charge is -2.53. The lowest BCUT2D eigenvalue weighted by Crippen LogP contribution is -2.56. The van der Waals surface area contributed by atoms with Gasteiger partial charge in [-0.1, -0.05) is 31.2 Å². The normalized spacial score (nSPS) is 45.6. The molecule has 27 heavy (non-hydrogen) atoms. The van der Waals surface area contributed by atoms with E-state index in [-0.39, 0.29) is 24.0 Å². The van der Waals surface area contributed by atoms with Crippen molar-refractivity contribution in [3.8, 4) is 0 Å². The van der Waals surface area contributed by atoms with Gasteiger partial charge in [0.2, 0.25) is 0 Å². The highest BCUT2D eigenvalue weighted by atomic mass is 19.1. The Kier molecular flexibility index (Phi) is 3.83. The van der Waals surface area contributed by atoms with E-state index in [1.807, 2.05) is 19.9 Å². The molecule has 4 aliphatic rings. The van der Waals surface area contributed by atoms with Crippen molar-refractivity contribution in [2.24, 2.45) is 22.7 Å². The van der Waals surface area contributed by atoms with E-state index in [4.69, 9.17) is 0 Å². The fraction of sp³-hybridized carbons (Fsp3) is 0.545. The van der Waals surface area contributed by atoms with Crippen LogP contribution in [-0.2, 0) is 9.59 Å². The molecule has 2 N–H and O–H groups in total. The van der Waals surface area contributed by atoms with Gasteiger partial charge in [-0.2, -0.15) is 0 Å². The summed E-state index contributed by atoms with van der Waals surface area (Å²) in [6, 6.07) is 0. The molecule has 0 saturated heterocycles. The van der Waals surface area contributed by atoms with E-state index in [9.17, 15) is 19.8 Å². The number of halogens is 1. The molecule has 0 radical (unpaired) electrons. The molecule has 2 fully saturated rings. The van der Waals surface area contributed by atoms with Gasteiger partial charge in [0.1, 0.15) is 12.8 Å². The Hall–Kier alpha value is -1.85. The van der Waals surface area contributed by atoms with Crippen LogP contribution in [-0.4, -0.2) is 40.2 Å². The Labute approximate surface area is 158 Å². The second-order valence-electron chi connectivity index (χ2n) is 8.83. The van der Waals surface area contributed by atoms with Crippen molar-refractivity contribution in [1.29, 1.82) is 0 Å². The number of alkyl halides is 1. The first-order chi connectivity index (χ1) is 12.6. The van der Waals surface area contributed by atoms with Gasteiger partial charge < -0.3 is 10.2 Å². The van der Waals surface area contributed by atoms with Gasteiger partial charge in [-0.05, 0) is 61.3 Å². The number of fused-ring (bicyclic) bond motifs is 5. The number of Topliss-reactive ketones (excluding diaryl/α,β-unsaturated/α-hetero) is 1. The summed E-state index contributed by atoms with van der Waals surface area (Å²) in [5.41, 5.74) is -1.32. The second-order valence-corrected chi connectivity index (χ2v) is 8.83. The van der Waals surface area contributed by atoms with Crippen LogP contribution < -0.4 is 0 Å². The first kappa shape index (κ1) is 18.5. The average molecular weight is 372 g/mol. The molecule has 6 atom stereocenters. The van der Waals surface area contributed by atoms with Gasteiger partial charge in [0.15, 0.2) is 17.2 Å². The highest BCUT2D eigenvalue weighted by molar-refractivity contribution is 6.01. The summed E-state index contributed by atoms with van der Waals surface area (Å²) in [7, 11) is 0. The summed E-state index contributed by atoms with van der Waals surface area (Å²) >= 11 is 0. The zero-order chi connectivity index (χ0) is 19.8. The summed E-state index contributed by atoms with van der Waals surface area (Å²) < 4.78 is 15.1. The van der Waals surface area contributed by atoms with Crippen molar-refractivity contribution in [2.75, 3.05) is 6.61 Å². The maximum Gasteiger partial charge on any atom is 0.194 e. The third kappa shape index (κ3) is 2.10. The summed E-state index contributed by atoms with van der Waals surface area (Å²) in [5.74, 6) is -1.14. The van der Waals surface area contributed by atoms with Crippen LogP contribution in [0.5, 0.6) is 0 Å². The standard InChI is InChI=1S/C22H25FO4/c1-12-8-16-14-10-18(23)17-9-13(25)4-6-20(17,2)15(14)5-7-21(16,3)22(12,27)19(26)11-24/h4-6,9,14,16,18,24,27H,1,7-8,10-11H2,2-3H3/t14-,16+,18+,20-,21+,22+/m1/s1. The molecule has 4 aliphatic carbocycles.